The lowest BCUT2D eigenvalue weighted by molar-refractivity contribution is -0.118. The largest absolute Gasteiger partial charge is 0.487 e. The molecule has 0 aliphatic carbocycles. The van der Waals surface area contributed by atoms with Crippen LogP contribution in [0.1, 0.15) is 38.0 Å². The Morgan fingerprint density at radius 1 is 1.19 bits per heavy atom. The Kier molecular flexibility index (Phi) is 6.81. The van der Waals surface area contributed by atoms with Gasteiger partial charge >= 0.3 is 0 Å². The van der Waals surface area contributed by atoms with Gasteiger partial charge in [-0.1, -0.05) is 51.1 Å². The van der Waals surface area contributed by atoms with E-state index in [1.54, 1.807) is 0 Å². The van der Waals surface area contributed by atoms with E-state index in [9.17, 15) is 4.79 Å². The molecule has 7 nitrogen and oxygen atoms in total. The number of nitrogens with one attached hydrogen (secondary N) is 2. The fraction of sp³-hybridized carbons (Fsp3) is 0.435. The van der Waals surface area contributed by atoms with Gasteiger partial charge in [-0.25, -0.2) is 5.53 Å². The average molecular weight is 442 g/mol. The van der Waals surface area contributed by atoms with Gasteiger partial charge in [-0.05, 0) is 35.8 Å². The quantitative estimate of drug-likeness (QED) is 0.406. The van der Waals surface area contributed by atoms with Crippen LogP contribution in [-0.2, 0) is 15.8 Å². The summed E-state index contributed by atoms with van der Waals surface area (Å²) in [5, 5.41) is 6.50. The van der Waals surface area contributed by atoms with Crippen molar-refractivity contribution in [2.75, 3.05) is 18.5 Å². The Labute approximate surface area is 184 Å². The van der Waals surface area contributed by atoms with Crippen LogP contribution in [0.25, 0.3) is 0 Å². The number of nitrogens with zero attached hydrogens (tertiary/aromatic N) is 1. The van der Waals surface area contributed by atoms with Crippen LogP contribution in [-0.4, -0.2) is 27.4 Å². The first-order valence-corrected chi connectivity index (χ1v) is 13.3. The highest BCUT2D eigenvalue weighted by Crippen LogP contribution is 2.46. The monoisotopic (exact) mass is 441 g/mol. The first-order chi connectivity index (χ1) is 14.6. The Morgan fingerprint density at radius 2 is 1.90 bits per heavy atom. The van der Waals surface area contributed by atoms with Crippen molar-refractivity contribution in [1.29, 1.82) is 5.53 Å². The lowest BCUT2D eigenvalue weighted by Gasteiger charge is -2.39. The fourth-order valence-corrected chi connectivity index (χ4v) is 4.36. The molecular formula is C23H31N3O4Si. The van der Waals surface area contributed by atoms with Crippen LogP contribution in [0.15, 0.2) is 47.6 Å². The molecule has 0 fully saturated rings. The highest BCUT2D eigenvalue weighted by Gasteiger charge is 2.40. The van der Waals surface area contributed by atoms with Crippen LogP contribution in [0.2, 0.25) is 18.1 Å². The van der Waals surface area contributed by atoms with Gasteiger partial charge in [0.15, 0.2) is 20.7 Å². The molecule has 0 saturated carbocycles. The van der Waals surface area contributed by atoms with E-state index >= 15 is 0 Å². The van der Waals surface area contributed by atoms with E-state index in [2.05, 4.69) is 44.3 Å². The Hall–Kier alpha value is -2.71. The summed E-state index contributed by atoms with van der Waals surface area (Å²) in [6.45, 7) is 11.3. The summed E-state index contributed by atoms with van der Waals surface area (Å²) in [5.41, 5.74) is 9.74. The summed E-state index contributed by atoms with van der Waals surface area (Å²) in [4.78, 5) is 12.1. The molecule has 0 saturated heterocycles. The third-order valence-corrected chi connectivity index (χ3v) is 10.3. The smallest absolute Gasteiger partial charge is 0.262 e. The molecule has 2 N–H and O–H groups in total. The van der Waals surface area contributed by atoms with Crippen LogP contribution in [0.5, 0.6) is 11.5 Å². The minimum absolute atomic E-state index is 0.00114. The molecule has 0 spiro atoms. The molecule has 2 aromatic carbocycles. The molecule has 166 valence electrons. The van der Waals surface area contributed by atoms with E-state index in [4.69, 9.17) is 19.4 Å². The summed E-state index contributed by atoms with van der Waals surface area (Å²) >= 11 is 0. The number of fused-ring (bicyclic) bond motifs is 1. The number of hydrogen-bond donors (Lipinski definition) is 2. The van der Waals surface area contributed by atoms with Gasteiger partial charge < -0.3 is 19.2 Å². The van der Waals surface area contributed by atoms with Gasteiger partial charge in [-0.3, -0.25) is 4.79 Å². The number of hydrogen-bond acceptors (Lipinski definition) is 6. The summed E-state index contributed by atoms with van der Waals surface area (Å²) in [7, 11) is -2.14. The second-order valence-corrected chi connectivity index (χ2v) is 13.9. The zero-order valence-corrected chi connectivity index (χ0v) is 19.8. The van der Waals surface area contributed by atoms with Crippen molar-refractivity contribution in [1.82, 2.24) is 0 Å². The second kappa shape index (κ2) is 9.19. The highest BCUT2D eigenvalue weighted by atomic mass is 28.4. The zero-order valence-electron chi connectivity index (χ0n) is 18.8. The maximum absolute atomic E-state index is 12.1. The Morgan fingerprint density at radius 3 is 2.55 bits per heavy atom. The topological polar surface area (TPSA) is 93.0 Å². The standard InChI is InChI=1S/C23H31N3O4Si/c1-23(2,3)31(4,5)30-19(13-25-24)17-11-12-18(21-22(17)29-15-20(27)26-21)28-14-16-9-7-6-8-10-16/h6-12,19,24H,13-15H2,1-5H3,(H,26,27). The molecule has 1 aliphatic heterocycles. The molecule has 1 unspecified atom stereocenters. The number of ether oxygens (including phenoxy) is 2. The third-order valence-electron chi connectivity index (χ3n) is 5.85. The van der Waals surface area contributed by atoms with Crippen molar-refractivity contribution in [3.63, 3.8) is 0 Å². The number of amides is 1. The van der Waals surface area contributed by atoms with E-state index in [1.807, 2.05) is 42.5 Å². The number of carbonyl (C=O) groups is 1. The second-order valence-electron chi connectivity index (χ2n) is 9.18. The molecule has 8 heteroatoms. The minimum Gasteiger partial charge on any atom is -0.487 e. The van der Waals surface area contributed by atoms with Crippen molar-refractivity contribution < 1.29 is 18.7 Å². The summed E-state index contributed by atoms with van der Waals surface area (Å²) in [6.07, 6.45) is -0.440. The first kappa shape index (κ1) is 23.0. The van der Waals surface area contributed by atoms with E-state index in [0.717, 1.165) is 11.1 Å². The first-order valence-electron chi connectivity index (χ1n) is 10.4. The van der Waals surface area contributed by atoms with E-state index in [-0.39, 0.29) is 24.1 Å². The Bertz CT molecular complexity index is 942. The van der Waals surface area contributed by atoms with Crippen molar-refractivity contribution in [3.05, 3.63) is 53.6 Å². The van der Waals surface area contributed by atoms with Gasteiger partial charge in [-0.15, -0.1) is 0 Å². The van der Waals surface area contributed by atoms with Crippen LogP contribution < -0.4 is 14.8 Å². The predicted octanol–water partition coefficient (Wildman–Crippen LogP) is 5.69. The van der Waals surface area contributed by atoms with Crippen molar-refractivity contribution in [3.8, 4) is 11.5 Å². The molecule has 2 aromatic rings. The lowest BCUT2D eigenvalue weighted by Crippen LogP contribution is -2.42. The van der Waals surface area contributed by atoms with Gasteiger partial charge in [0.2, 0.25) is 0 Å². The summed E-state index contributed by atoms with van der Waals surface area (Å²) in [6, 6.07) is 13.5. The molecule has 0 radical (unpaired) electrons. The maximum atomic E-state index is 12.1. The van der Waals surface area contributed by atoms with E-state index in [1.165, 1.54) is 0 Å². The van der Waals surface area contributed by atoms with Crippen LogP contribution in [0.4, 0.5) is 5.69 Å². The van der Waals surface area contributed by atoms with Gasteiger partial charge in [0.25, 0.3) is 5.91 Å². The molecule has 1 aliphatic rings. The SMILES string of the molecule is CC(C)(C)[Si](C)(C)OC(CN=N)c1ccc(OCc2ccccc2)c2c1OCC(=O)N2. The van der Waals surface area contributed by atoms with E-state index in [0.29, 0.717) is 23.8 Å². The van der Waals surface area contributed by atoms with Gasteiger partial charge in [0.05, 0.1) is 12.6 Å². The van der Waals surface area contributed by atoms with Crippen molar-refractivity contribution in [2.24, 2.45) is 5.11 Å². The minimum atomic E-state index is -2.14. The number of rotatable bonds is 8. The molecule has 0 aromatic heterocycles. The van der Waals surface area contributed by atoms with Crippen molar-refractivity contribution >= 4 is 19.9 Å². The third kappa shape index (κ3) is 5.32. The normalized spacial score (nSPS) is 14.8. The maximum Gasteiger partial charge on any atom is 0.262 e. The molecular weight excluding hydrogens is 410 g/mol. The molecule has 1 heterocycles. The van der Waals surface area contributed by atoms with E-state index < -0.39 is 14.4 Å². The average Bonchev–Trinajstić information content (AvgIpc) is 2.71. The number of carbonyl (C=O) groups excluding carboxylic acids is 1. The number of benzene rings is 2. The van der Waals surface area contributed by atoms with Crippen LogP contribution in [0.3, 0.4) is 0 Å². The highest BCUT2D eigenvalue weighted by molar-refractivity contribution is 6.74. The van der Waals surface area contributed by atoms with Crippen molar-refractivity contribution in [2.45, 2.75) is 51.6 Å². The summed E-state index contributed by atoms with van der Waals surface area (Å²) in [5.74, 6) is 0.823. The Balaban J connectivity index is 1.95. The van der Waals surface area contributed by atoms with Gasteiger partial charge in [0.1, 0.15) is 18.0 Å². The van der Waals surface area contributed by atoms with Gasteiger partial charge in [-0.2, -0.15) is 5.11 Å². The fourth-order valence-electron chi connectivity index (χ4n) is 3.09. The van der Waals surface area contributed by atoms with Crippen LogP contribution in [0, 0.1) is 5.53 Å². The summed E-state index contributed by atoms with van der Waals surface area (Å²) < 4.78 is 18.4. The zero-order chi connectivity index (χ0) is 22.6. The molecule has 1 atom stereocenters. The lowest BCUT2D eigenvalue weighted by atomic mass is 10.1. The molecule has 31 heavy (non-hydrogen) atoms. The van der Waals surface area contributed by atoms with Crippen LogP contribution >= 0.6 is 0 Å². The molecule has 1 amide bonds. The van der Waals surface area contributed by atoms with Gasteiger partial charge in [0, 0.05) is 5.56 Å². The molecule has 3 rings (SSSR count). The molecule has 0 bridgehead atoms. The number of anilines is 1. The predicted molar refractivity (Wildman–Crippen MR) is 122 cm³/mol.